The van der Waals surface area contributed by atoms with Crippen molar-refractivity contribution in [1.29, 1.82) is 0 Å². The minimum absolute atomic E-state index is 0.0876. The minimum atomic E-state index is -0.352. The maximum Gasteiger partial charge on any atom is 0.221 e. The average molecular weight is 318 g/mol. The molecule has 1 aliphatic heterocycles. The molecule has 0 aliphatic carbocycles. The fourth-order valence-corrected chi connectivity index (χ4v) is 2.73. The predicted octanol–water partition coefficient (Wildman–Crippen LogP) is 1.36. The molecule has 0 spiro atoms. The molecule has 1 amide bonds. The van der Waals surface area contributed by atoms with Gasteiger partial charge in [-0.3, -0.25) is 9.69 Å². The van der Waals surface area contributed by atoms with Crippen LogP contribution in [-0.4, -0.2) is 55.6 Å². The number of nitrogens with zero attached hydrogens (tertiary/aromatic N) is 2. The molecule has 1 saturated heterocycles. The van der Waals surface area contributed by atoms with E-state index in [1.54, 1.807) is 0 Å². The van der Waals surface area contributed by atoms with Gasteiger partial charge in [0.25, 0.3) is 0 Å². The van der Waals surface area contributed by atoms with E-state index in [1.165, 1.54) is 11.3 Å². The number of rotatable bonds is 6. The molecule has 1 aliphatic rings. The van der Waals surface area contributed by atoms with Gasteiger partial charge in [0.1, 0.15) is 0 Å². The monoisotopic (exact) mass is 318 g/mol. The molecule has 0 saturated carbocycles. The van der Waals surface area contributed by atoms with E-state index in [4.69, 9.17) is 5.73 Å². The number of nitrogens with one attached hydrogen (secondary N) is 1. The van der Waals surface area contributed by atoms with Gasteiger partial charge in [-0.15, -0.1) is 0 Å². The molecule has 0 unspecified atom stereocenters. The molecule has 0 bridgehead atoms. The number of hydrogen-bond acceptors (Lipinski definition) is 4. The number of amides is 1. The normalized spacial score (nSPS) is 16.4. The number of carbonyl (C=O) groups is 1. The highest BCUT2D eigenvalue weighted by Crippen LogP contribution is 2.17. The summed E-state index contributed by atoms with van der Waals surface area (Å²) < 4.78 is 0. The molecule has 1 heterocycles. The van der Waals surface area contributed by atoms with Crippen molar-refractivity contribution in [3.63, 3.8) is 0 Å². The highest BCUT2D eigenvalue weighted by molar-refractivity contribution is 5.76. The van der Waals surface area contributed by atoms with E-state index < -0.39 is 0 Å². The fraction of sp³-hybridized carbons (Fsp3) is 0.611. The lowest BCUT2D eigenvalue weighted by molar-refractivity contribution is -0.121. The largest absolute Gasteiger partial charge is 0.369 e. The molecule has 1 aromatic carbocycles. The Morgan fingerprint density at radius 2 is 1.96 bits per heavy atom. The first kappa shape index (κ1) is 17.8. The Kier molecular flexibility index (Phi) is 6.02. The van der Waals surface area contributed by atoms with Crippen molar-refractivity contribution in [2.75, 3.05) is 44.2 Å². The van der Waals surface area contributed by atoms with Crippen LogP contribution in [0.1, 0.15) is 25.8 Å². The summed E-state index contributed by atoms with van der Waals surface area (Å²) >= 11 is 0. The Labute approximate surface area is 139 Å². The zero-order valence-electron chi connectivity index (χ0n) is 14.6. The van der Waals surface area contributed by atoms with Gasteiger partial charge in [0, 0.05) is 56.9 Å². The molecular formula is C18H30N4O. The maximum atomic E-state index is 11.9. The van der Waals surface area contributed by atoms with Crippen molar-refractivity contribution in [1.82, 2.24) is 10.2 Å². The van der Waals surface area contributed by atoms with E-state index in [-0.39, 0.29) is 11.4 Å². The van der Waals surface area contributed by atoms with Gasteiger partial charge in [0.2, 0.25) is 5.91 Å². The minimum Gasteiger partial charge on any atom is -0.369 e. The molecular weight excluding hydrogens is 288 g/mol. The molecule has 128 valence electrons. The molecule has 1 aromatic rings. The van der Waals surface area contributed by atoms with Crippen molar-refractivity contribution in [3.05, 3.63) is 29.8 Å². The first-order valence-electron chi connectivity index (χ1n) is 8.43. The standard InChI is InChI=1S/C18H30N4O/c1-15-5-4-6-16(13-15)22-11-9-21(10-12-22)8-7-17(23)20-14-18(2,3)19/h4-6,13H,7-12,14,19H2,1-3H3,(H,20,23). The summed E-state index contributed by atoms with van der Waals surface area (Å²) in [5.74, 6) is 0.0876. The summed E-state index contributed by atoms with van der Waals surface area (Å²) in [5.41, 5.74) is 8.12. The summed E-state index contributed by atoms with van der Waals surface area (Å²) in [7, 11) is 0. The van der Waals surface area contributed by atoms with E-state index in [1.807, 2.05) is 13.8 Å². The Bertz CT molecular complexity index is 516. The van der Waals surface area contributed by atoms with Crippen molar-refractivity contribution in [2.45, 2.75) is 32.7 Å². The van der Waals surface area contributed by atoms with E-state index in [0.29, 0.717) is 13.0 Å². The molecule has 2 rings (SSSR count). The highest BCUT2D eigenvalue weighted by Gasteiger charge is 2.18. The van der Waals surface area contributed by atoms with Crippen LogP contribution in [0.15, 0.2) is 24.3 Å². The third-order valence-electron chi connectivity index (χ3n) is 4.14. The third kappa shape index (κ3) is 6.20. The Hall–Kier alpha value is -1.59. The van der Waals surface area contributed by atoms with Crippen LogP contribution in [0, 0.1) is 6.92 Å². The van der Waals surface area contributed by atoms with Crippen LogP contribution in [0.25, 0.3) is 0 Å². The molecule has 0 atom stereocenters. The van der Waals surface area contributed by atoms with Gasteiger partial charge in [-0.2, -0.15) is 0 Å². The van der Waals surface area contributed by atoms with E-state index >= 15 is 0 Å². The zero-order valence-corrected chi connectivity index (χ0v) is 14.6. The van der Waals surface area contributed by atoms with Gasteiger partial charge in [0.05, 0.1) is 0 Å². The summed E-state index contributed by atoms with van der Waals surface area (Å²) in [6.07, 6.45) is 0.542. The van der Waals surface area contributed by atoms with Crippen molar-refractivity contribution >= 4 is 11.6 Å². The zero-order chi connectivity index (χ0) is 16.9. The summed E-state index contributed by atoms with van der Waals surface area (Å²) in [4.78, 5) is 16.6. The summed E-state index contributed by atoms with van der Waals surface area (Å²) in [5, 5.41) is 2.90. The number of anilines is 1. The van der Waals surface area contributed by atoms with Crippen LogP contribution in [0.4, 0.5) is 5.69 Å². The molecule has 0 radical (unpaired) electrons. The van der Waals surface area contributed by atoms with Gasteiger partial charge in [-0.25, -0.2) is 0 Å². The summed E-state index contributed by atoms with van der Waals surface area (Å²) in [6.45, 7) is 11.3. The van der Waals surface area contributed by atoms with Crippen LogP contribution < -0.4 is 16.0 Å². The van der Waals surface area contributed by atoms with Gasteiger partial charge in [-0.05, 0) is 38.5 Å². The number of hydrogen-bond donors (Lipinski definition) is 2. The van der Waals surface area contributed by atoms with Crippen LogP contribution in [0.5, 0.6) is 0 Å². The first-order valence-corrected chi connectivity index (χ1v) is 8.43. The molecule has 23 heavy (non-hydrogen) atoms. The number of aryl methyl sites for hydroxylation is 1. The Morgan fingerprint density at radius 3 is 2.57 bits per heavy atom. The van der Waals surface area contributed by atoms with Crippen LogP contribution >= 0.6 is 0 Å². The van der Waals surface area contributed by atoms with Crippen molar-refractivity contribution < 1.29 is 4.79 Å². The number of piperazine rings is 1. The second-order valence-corrected chi connectivity index (χ2v) is 7.18. The van der Waals surface area contributed by atoms with Gasteiger partial charge in [-0.1, -0.05) is 12.1 Å². The average Bonchev–Trinajstić information content (AvgIpc) is 2.51. The number of benzene rings is 1. The SMILES string of the molecule is Cc1cccc(N2CCN(CCC(=O)NCC(C)(C)N)CC2)c1. The fourth-order valence-electron chi connectivity index (χ4n) is 2.73. The van der Waals surface area contributed by atoms with E-state index in [9.17, 15) is 4.79 Å². The van der Waals surface area contributed by atoms with Gasteiger partial charge >= 0.3 is 0 Å². The smallest absolute Gasteiger partial charge is 0.221 e. The highest BCUT2D eigenvalue weighted by atomic mass is 16.1. The predicted molar refractivity (Wildman–Crippen MR) is 95.7 cm³/mol. The molecule has 5 nitrogen and oxygen atoms in total. The van der Waals surface area contributed by atoms with Gasteiger partial charge < -0.3 is 16.0 Å². The lowest BCUT2D eigenvalue weighted by Gasteiger charge is -2.36. The molecule has 0 aromatic heterocycles. The topological polar surface area (TPSA) is 61.6 Å². The van der Waals surface area contributed by atoms with Gasteiger partial charge in [0.15, 0.2) is 0 Å². The van der Waals surface area contributed by atoms with Crippen molar-refractivity contribution in [2.24, 2.45) is 5.73 Å². The maximum absolute atomic E-state index is 11.9. The Balaban J connectivity index is 1.70. The molecule has 5 heteroatoms. The van der Waals surface area contributed by atoms with Crippen LogP contribution in [-0.2, 0) is 4.79 Å². The number of nitrogens with two attached hydrogens (primary N) is 1. The number of carbonyl (C=O) groups excluding carboxylic acids is 1. The van der Waals surface area contributed by atoms with Crippen LogP contribution in [0.2, 0.25) is 0 Å². The van der Waals surface area contributed by atoms with E-state index in [0.717, 1.165) is 32.7 Å². The van der Waals surface area contributed by atoms with Crippen LogP contribution in [0.3, 0.4) is 0 Å². The quantitative estimate of drug-likeness (QED) is 0.831. The molecule has 3 N–H and O–H groups in total. The van der Waals surface area contributed by atoms with E-state index in [2.05, 4.69) is 46.3 Å². The summed E-state index contributed by atoms with van der Waals surface area (Å²) in [6, 6.07) is 8.64. The third-order valence-corrected chi connectivity index (χ3v) is 4.14. The second kappa shape index (κ2) is 7.79. The molecule has 1 fully saturated rings. The lowest BCUT2D eigenvalue weighted by Crippen LogP contribution is -2.48. The van der Waals surface area contributed by atoms with Crippen molar-refractivity contribution in [3.8, 4) is 0 Å². The second-order valence-electron chi connectivity index (χ2n) is 7.18. The Morgan fingerprint density at radius 1 is 1.26 bits per heavy atom. The first-order chi connectivity index (χ1) is 10.8. The lowest BCUT2D eigenvalue weighted by atomic mass is 10.1.